The Morgan fingerprint density at radius 2 is 1.50 bits per heavy atom. The first kappa shape index (κ1) is 33.4. The third-order valence-electron chi connectivity index (χ3n) is 7.18. The minimum Gasteiger partial charge on any atom is -0.352 e. The maximum Gasteiger partial charge on any atom is 0.264 e. The SMILES string of the molecule is CC[C@H](C)NC(=O)[C@H](CC)N(Cc1ccc(Cl)c(Cl)c1)C(=O)CN(c1ccc(C(C)C)cc1)S(=O)(=O)c1ccccc1. The summed E-state index contributed by atoms with van der Waals surface area (Å²) in [6.07, 6.45) is 1.04. The number of hydrogen-bond acceptors (Lipinski definition) is 4. The van der Waals surface area contributed by atoms with E-state index in [-0.39, 0.29) is 29.3 Å². The van der Waals surface area contributed by atoms with Crippen molar-refractivity contribution >= 4 is 50.7 Å². The summed E-state index contributed by atoms with van der Waals surface area (Å²) < 4.78 is 29.0. The molecular weight excluding hydrogens is 593 g/mol. The fourth-order valence-corrected chi connectivity index (χ4v) is 6.23. The van der Waals surface area contributed by atoms with E-state index < -0.39 is 28.5 Å². The Labute approximate surface area is 259 Å². The number of nitrogens with zero attached hydrogens (tertiary/aromatic N) is 2. The van der Waals surface area contributed by atoms with E-state index in [4.69, 9.17) is 23.2 Å². The lowest BCUT2D eigenvalue weighted by Crippen LogP contribution is -2.53. The van der Waals surface area contributed by atoms with Gasteiger partial charge in [0.25, 0.3) is 10.0 Å². The third kappa shape index (κ3) is 8.27. The average molecular weight is 633 g/mol. The van der Waals surface area contributed by atoms with Crippen LogP contribution in [0.4, 0.5) is 5.69 Å². The molecule has 0 unspecified atom stereocenters. The molecule has 0 spiro atoms. The van der Waals surface area contributed by atoms with E-state index in [1.54, 1.807) is 48.5 Å². The summed E-state index contributed by atoms with van der Waals surface area (Å²) in [5.41, 5.74) is 2.05. The number of carbonyl (C=O) groups is 2. The number of carbonyl (C=O) groups excluding carboxylic acids is 2. The summed E-state index contributed by atoms with van der Waals surface area (Å²) in [5, 5.41) is 3.65. The highest BCUT2D eigenvalue weighted by molar-refractivity contribution is 7.92. The summed E-state index contributed by atoms with van der Waals surface area (Å²) in [5.74, 6) is -0.588. The van der Waals surface area contributed by atoms with Gasteiger partial charge in [0, 0.05) is 12.6 Å². The molecule has 0 aliphatic carbocycles. The molecule has 0 aromatic heterocycles. The first-order valence-corrected chi connectivity index (χ1v) is 16.3. The highest BCUT2D eigenvalue weighted by Crippen LogP contribution is 2.28. The van der Waals surface area contributed by atoms with Crippen LogP contribution in [0, 0.1) is 0 Å². The van der Waals surface area contributed by atoms with Crippen LogP contribution in [0.1, 0.15) is 64.5 Å². The second kappa shape index (κ2) is 14.9. The van der Waals surface area contributed by atoms with Gasteiger partial charge in [-0.2, -0.15) is 0 Å². The Balaban J connectivity index is 2.08. The Morgan fingerprint density at radius 1 is 0.857 bits per heavy atom. The molecule has 0 bridgehead atoms. The van der Waals surface area contributed by atoms with Crippen LogP contribution in [0.3, 0.4) is 0 Å². The van der Waals surface area contributed by atoms with Crippen molar-refractivity contribution < 1.29 is 18.0 Å². The highest BCUT2D eigenvalue weighted by Gasteiger charge is 2.34. The molecule has 0 heterocycles. The van der Waals surface area contributed by atoms with Gasteiger partial charge in [-0.05, 0) is 73.2 Å². The molecule has 2 amide bonds. The number of halogens is 2. The Morgan fingerprint density at radius 3 is 2.05 bits per heavy atom. The van der Waals surface area contributed by atoms with E-state index in [1.165, 1.54) is 17.0 Å². The van der Waals surface area contributed by atoms with Crippen molar-refractivity contribution in [1.82, 2.24) is 10.2 Å². The number of anilines is 1. The molecule has 1 N–H and O–H groups in total. The molecular formula is C32H39Cl2N3O4S. The van der Waals surface area contributed by atoms with Gasteiger partial charge < -0.3 is 10.2 Å². The van der Waals surface area contributed by atoms with Crippen molar-refractivity contribution in [2.24, 2.45) is 0 Å². The Kier molecular flexibility index (Phi) is 11.9. The maximum absolute atomic E-state index is 14.2. The monoisotopic (exact) mass is 631 g/mol. The van der Waals surface area contributed by atoms with E-state index in [2.05, 4.69) is 5.32 Å². The first-order chi connectivity index (χ1) is 19.9. The molecule has 3 rings (SSSR count). The number of hydrogen-bond donors (Lipinski definition) is 1. The van der Waals surface area contributed by atoms with Gasteiger partial charge in [-0.1, -0.05) is 87.3 Å². The molecule has 0 fully saturated rings. The van der Waals surface area contributed by atoms with Crippen molar-refractivity contribution in [2.45, 2.75) is 76.9 Å². The van der Waals surface area contributed by atoms with Crippen LogP contribution in [0.2, 0.25) is 10.0 Å². The average Bonchev–Trinajstić information content (AvgIpc) is 2.97. The van der Waals surface area contributed by atoms with Crippen LogP contribution in [0.25, 0.3) is 0 Å². The predicted octanol–water partition coefficient (Wildman–Crippen LogP) is 7.03. The number of sulfonamides is 1. The quantitative estimate of drug-likeness (QED) is 0.219. The normalized spacial score (nSPS) is 13.0. The largest absolute Gasteiger partial charge is 0.352 e. The highest BCUT2D eigenvalue weighted by atomic mass is 35.5. The summed E-state index contributed by atoms with van der Waals surface area (Å²) in [6.45, 7) is 9.30. The van der Waals surface area contributed by atoms with Crippen molar-refractivity contribution in [2.75, 3.05) is 10.8 Å². The lowest BCUT2D eigenvalue weighted by Gasteiger charge is -2.34. The van der Waals surface area contributed by atoms with Crippen LogP contribution in [0.15, 0.2) is 77.7 Å². The van der Waals surface area contributed by atoms with Crippen LogP contribution >= 0.6 is 23.2 Å². The first-order valence-electron chi connectivity index (χ1n) is 14.1. The Hall–Kier alpha value is -3.07. The molecule has 0 saturated carbocycles. The number of nitrogens with one attached hydrogen (secondary N) is 1. The standard InChI is InChI=1S/C32H39Cl2N3O4S/c1-6-23(5)35-32(39)30(7-2)36(20-24-13-18-28(33)29(34)19-24)31(38)21-37(26-16-14-25(15-17-26)22(3)4)42(40,41)27-11-9-8-10-12-27/h8-19,22-23,30H,6-7,20-21H2,1-5H3,(H,35,39)/t23-,30-/m0/s1. The van der Waals surface area contributed by atoms with Gasteiger partial charge in [0.15, 0.2) is 0 Å². The lowest BCUT2D eigenvalue weighted by molar-refractivity contribution is -0.140. The van der Waals surface area contributed by atoms with Crippen molar-refractivity contribution in [3.8, 4) is 0 Å². The van der Waals surface area contributed by atoms with Gasteiger partial charge in [0.05, 0.1) is 20.6 Å². The zero-order valence-corrected chi connectivity index (χ0v) is 27.0. The number of rotatable bonds is 13. The van der Waals surface area contributed by atoms with E-state index in [0.29, 0.717) is 27.7 Å². The maximum atomic E-state index is 14.2. The van der Waals surface area contributed by atoms with E-state index in [9.17, 15) is 18.0 Å². The fraction of sp³-hybridized carbons (Fsp3) is 0.375. The zero-order valence-electron chi connectivity index (χ0n) is 24.7. The Bertz CT molecular complexity index is 1460. The smallest absolute Gasteiger partial charge is 0.264 e. The molecule has 42 heavy (non-hydrogen) atoms. The van der Waals surface area contributed by atoms with Crippen molar-refractivity contribution in [3.63, 3.8) is 0 Å². The third-order valence-corrected chi connectivity index (χ3v) is 9.71. The summed E-state index contributed by atoms with van der Waals surface area (Å²) >= 11 is 12.4. The topological polar surface area (TPSA) is 86.8 Å². The van der Waals surface area contributed by atoms with E-state index in [1.807, 2.05) is 46.8 Å². The van der Waals surface area contributed by atoms with Crippen molar-refractivity contribution in [1.29, 1.82) is 0 Å². The molecule has 0 aliphatic rings. The predicted molar refractivity (Wildman–Crippen MR) is 170 cm³/mol. The lowest BCUT2D eigenvalue weighted by atomic mass is 10.0. The van der Waals surface area contributed by atoms with Gasteiger partial charge in [0.2, 0.25) is 11.8 Å². The molecule has 3 aromatic carbocycles. The molecule has 7 nitrogen and oxygen atoms in total. The molecule has 2 atom stereocenters. The second-order valence-electron chi connectivity index (χ2n) is 10.6. The molecule has 10 heteroatoms. The fourth-order valence-electron chi connectivity index (χ4n) is 4.47. The van der Waals surface area contributed by atoms with Crippen LogP contribution in [0.5, 0.6) is 0 Å². The van der Waals surface area contributed by atoms with Gasteiger partial charge in [-0.3, -0.25) is 13.9 Å². The van der Waals surface area contributed by atoms with E-state index >= 15 is 0 Å². The molecule has 0 saturated heterocycles. The van der Waals surface area contributed by atoms with Crippen molar-refractivity contribution in [3.05, 3.63) is 94.0 Å². The molecule has 3 aromatic rings. The molecule has 0 radical (unpaired) electrons. The minimum atomic E-state index is -4.13. The van der Waals surface area contributed by atoms with Gasteiger partial charge >= 0.3 is 0 Å². The van der Waals surface area contributed by atoms with Gasteiger partial charge in [-0.15, -0.1) is 0 Å². The van der Waals surface area contributed by atoms with Crippen LogP contribution in [-0.2, 0) is 26.2 Å². The number of amides is 2. The van der Waals surface area contributed by atoms with Crippen LogP contribution in [-0.4, -0.2) is 43.8 Å². The minimum absolute atomic E-state index is 0.0354. The van der Waals surface area contributed by atoms with Gasteiger partial charge in [-0.25, -0.2) is 8.42 Å². The van der Waals surface area contributed by atoms with E-state index in [0.717, 1.165) is 16.3 Å². The number of benzene rings is 3. The second-order valence-corrected chi connectivity index (χ2v) is 13.3. The molecule has 0 aliphatic heterocycles. The van der Waals surface area contributed by atoms with Gasteiger partial charge in [0.1, 0.15) is 12.6 Å². The summed E-state index contributed by atoms with van der Waals surface area (Å²) in [7, 11) is -4.13. The van der Waals surface area contributed by atoms with Crippen LogP contribution < -0.4 is 9.62 Å². The summed E-state index contributed by atoms with van der Waals surface area (Å²) in [6, 6.07) is 19.2. The summed E-state index contributed by atoms with van der Waals surface area (Å²) in [4.78, 5) is 29.1. The zero-order chi connectivity index (χ0) is 31.0. The molecule has 226 valence electrons.